The Bertz CT molecular complexity index is 1130. The van der Waals surface area contributed by atoms with Crippen LogP contribution in [0.5, 0.6) is 0 Å². The number of carbonyl (C=O) groups excluding carboxylic acids is 1. The summed E-state index contributed by atoms with van der Waals surface area (Å²) in [6.07, 6.45) is 5.65. The number of hydrogen-bond donors (Lipinski definition) is 0. The molecule has 0 radical (unpaired) electrons. The maximum atomic E-state index is 14.1. The minimum Gasteiger partial charge on any atom is -0.283 e. The fourth-order valence-corrected chi connectivity index (χ4v) is 4.37. The van der Waals surface area contributed by atoms with Crippen molar-refractivity contribution in [1.82, 2.24) is 9.97 Å². The summed E-state index contributed by atoms with van der Waals surface area (Å²) in [5.41, 5.74) is 2.16. The Morgan fingerprint density at radius 2 is 1.83 bits per heavy atom. The lowest BCUT2D eigenvalue weighted by Crippen LogP contribution is -2.31. The monoisotopic (exact) mass is 423 g/mol. The van der Waals surface area contributed by atoms with Crippen LogP contribution in [-0.2, 0) is 17.8 Å². The quantitative estimate of drug-likeness (QED) is 0.393. The normalized spacial score (nSPS) is 11.0. The first-order valence-electron chi connectivity index (χ1n) is 9.01. The highest BCUT2D eigenvalue weighted by Crippen LogP contribution is 2.31. The van der Waals surface area contributed by atoms with Gasteiger partial charge >= 0.3 is 0 Å². The van der Waals surface area contributed by atoms with E-state index in [2.05, 4.69) is 9.97 Å². The minimum atomic E-state index is -0.381. The van der Waals surface area contributed by atoms with Crippen molar-refractivity contribution >= 4 is 44.4 Å². The van der Waals surface area contributed by atoms with E-state index < -0.39 is 0 Å². The number of aromatic nitrogens is 2. The molecule has 0 atom stereocenters. The van der Waals surface area contributed by atoms with Crippen LogP contribution in [0.3, 0.4) is 0 Å². The Morgan fingerprint density at radius 1 is 1.07 bits per heavy atom. The Labute approximate surface area is 176 Å². The van der Waals surface area contributed by atoms with Crippen LogP contribution < -0.4 is 4.90 Å². The Hall–Kier alpha value is -2.77. The molecule has 146 valence electrons. The lowest BCUT2D eigenvalue weighted by molar-refractivity contribution is -0.118. The second-order valence-corrected chi connectivity index (χ2v) is 8.33. The van der Waals surface area contributed by atoms with Crippen molar-refractivity contribution in [2.75, 3.05) is 11.2 Å². The molecule has 0 saturated carbocycles. The average Bonchev–Trinajstić information content (AvgIpc) is 3.18. The van der Waals surface area contributed by atoms with Gasteiger partial charge in [-0.3, -0.25) is 14.7 Å². The zero-order valence-electron chi connectivity index (χ0n) is 15.7. The largest absolute Gasteiger partial charge is 0.283 e. The molecule has 0 saturated heterocycles. The molecule has 4 aromatic rings. The number of para-hydroxylation sites is 1. The first kappa shape index (κ1) is 19.5. The van der Waals surface area contributed by atoms with Gasteiger partial charge in [-0.05, 0) is 53.8 Å². The highest BCUT2D eigenvalue weighted by atomic mass is 32.2. The summed E-state index contributed by atoms with van der Waals surface area (Å²) >= 11 is 2.98. The van der Waals surface area contributed by atoms with Crippen molar-refractivity contribution in [3.8, 4) is 0 Å². The maximum Gasteiger partial charge on any atom is 0.233 e. The van der Waals surface area contributed by atoms with Gasteiger partial charge in [0, 0.05) is 17.3 Å². The van der Waals surface area contributed by atoms with Crippen LogP contribution in [0.2, 0.25) is 0 Å². The molecule has 2 aromatic carbocycles. The van der Waals surface area contributed by atoms with Gasteiger partial charge in [0.05, 0.1) is 17.7 Å². The standard InChI is InChI=1S/C22H18FN3OS2/c1-28-17-7-5-15(6-8-17)13-20(27)26(14-16-9-11-24-12-10-16)22-25-21-18(23)3-2-4-19(21)29-22/h2-12H,13-14H2,1H3. The maximum absolute atomic E-state index is 14.1. The van der Waals surface area contributed by atoms with E-state index in [1.165, 1.54) is 17.4 Å². The van der Waals surface area contributed by atoms with Gasteiger partial charge in [-0.15, -0.1) is 11.8 Å². The molecule has 0 fully saturated rings. The third-order valence-electron chi connectivity index (χ3n) is 4.49. The van der Waals surface area contributed by atoms with Crippen LogP contribution in [0.4, 0.5) is 9.52 Å². The molecule has 4 nitrogen and oxygen atoms in total. The van der Waals surface area contributed by atoms with E-state index in [-0.39, 0.29) is 18.1 Å². The molecule has 29 heavy (non-hydrogen) atoms. The fourth-order valence-electron chi connectivity index (χ4n) is 2.97. The molecular formula is C22H18FN3OS2. The highest BCUT2D eigenvalue weighted by molar-refractivity contribution is 7.98. The predicted octanol–water partition coefficient (Wildman–Crippen LogP) is 5.33. The fraction of sp³-hybridized carbons (Fsp3) is 0.136. The number of thiazole rings is 1. The van der Waals surface area contributed by atoms with E-state index in [0.717, 1.165) is 20.7 Å². The first-order valence-corrected chi connectivity index (χ1v) is 11.1. The summed E-state index contributed by atoms with van der Waals surface area (Å²) < 4.78 is 14.9. The van der Waals surface area contributed by atoms with E-state index in [1.807, 2.05) is 48.7 Å². The van der Waals surface area contributed by atoms with E-state index in [1.54, 1.807) is 35.1 Å². The number of rotatable bonds is 6. The van der Waals surface area contributed by atoms with Crippen molar-refractivity contribution in [1.29, 1.82) is 0 Å². The smallest absolute Gasteiger partial charge is 0.233 e. The van der Waals surface area contributed by atoms with Gasteiger partial charge in [0.1, 0.15) is 11.3 Å². The molecule has 7 heteroatoms. The summed E-state index contributed by atoms with van der Waals surface area (Å²) in [5, 5.41) is 0.493. The highest BCUT2D eigenvalue weighted by Gasteiger charge is 2.21. The summed E-state index contributed by atoms with van der Waals surface area (Å²) in [7, 11) is 0. The molecule has 2 heterocycles. The number of nitrogens with zero attached hydrogens (tertiary/aromatic N) is 3. The lowest BCUT2D eigenvalue weighted by atomic mass is 10.1. The topological polar surface area (TPSA) is 46.1 Å². The molecule has 4 rings (SSSR count). The predicted molar refractivity (Wildman–Crippen MR) is 117 cm³/mol. The molecule has 1 amide bonds. The average molecular weight is 424 g/mol. The third-order valence-corrected chi connectivity index (χ3v) is 6.28. The number of benzene rings is 2. The third kappa shape index (κ3) is 4.46. The molecule has 0 aliphatic rings. The summed E-state index contributed by atoms with van der Waals surface area (Å²) in [4.78, 5) is 24.4. The zero-order chi connectivity index (χ0) is 20.2. The molecule has 0 aliphatic heterocycles. The number of carbonyl (C=O) groups is 1. The van der Waals surface area contributed by atoms with Crippen molar-refractivity contribution in [2.24, 2.45) is 0 Å². The summed E-state index contributed by atoms with van der Waals surface area (Å²) in [5.74, 6) is -0.466. The van der Waals surface area contributed by atoms with Crippen LogP contribution >= 0.6 is 23.1 Å². The molecule has 0 bridgehead atoms. The van der Waals surface area contributed by atoms with Crippen LogP contribution in [-0.4, -0.2) is 22.1 Å². The van der Waals surface area contributed by atoms with E-state index >= 15 is 0 Å². The zero-order valence-corrected chi connectivity index (χ0v) is 17.3. The molecule has 0 spiro atoms. The van der Waals surface area contributed by atoms with Gasteiger partial charge in [0.15, 0.2) is 5.13 Å². The van der Waals surface area contributed by atoms with Crippen LogP contribution in [0.15, 0.2) is 71.9 Å². The molecule has 0 aliphatic carbocycles. The van der Waals surface area contributed by atoms with Crippen molar-refractivity contribution in [3.05, 3.63) is 83.9 Å². The molecule has 0 N–H and O–H groups in total. The van der Waals surface area contributed by atoms with Gasteiger partial charge in [0.2, 0.25) is 5.91 Å². The Morgan fingerprint density at radius 3 is 2.52 bits per heavy atom. The molecule has 2 aromatic heterocycles. The van der Waals surface area contributed by atoms with E-state index in [9.17, 15) is 9.18 Å². The van der Waals surface area contributed by atoms with Crippen LogP contribution in [0.25, 0.3) is 10.2 Å². The Kier molecular flexibility index (Phi) is 5.87. The summed E-state index contributed by atoms with van der Waals surface area (Å²) in [6.45, 7) is 0.353. The number of pyridine rings is 1. The van der Waals surface area contributed by atoms with Gasteiger partial charge in [0.25, 0.3) is 0 Å². The number of thioether (sulfide) groups is 1. The van der Waals surface area contributed by atoms with Gasteiger partial charge < -0.3 is 0 Å². The molecule has 0 unspecified atom stereocenters. The number of amides is 1. The van der Waals surface area contributed by atoms with Gasteiger partial charge in [-0.2, -0.15) is 0 Å². The van der Waals surface area contributed by atoms with Gasteiger partial charge in [-0.25, -0.2) is 9.37 Å². The van der Waals surface area contributed by atoms with Crippen molar-refractivity contribution < 1.29 is 9.18 Å². The Balaban J connectivity index is 1.66. The van der Waals surface area contributed by atoms with E-state index in [4.69, 9.17) is 0 Å². The van der Waals surface area contributed by atoms with Crippen molar-refractivity contribution in [2.45, 2.75) is 17.9 Å². The number of fused-ring (bicyclic) bond motifs is 1. The van der Waals surface area contributed by atoms with Crippen molar-refractivity contribution in [3.63, 3.8) is 0 Å². The number of halogens is 1. The number of hydrogen-bond acceptors (Lipinski definition) is 5. The van der Waals surface area contributed by atoms with Crippen LogP contribution in [0.1, 0.15) is 11.1 Å². The summed E-state index contributed by atoms with van der Waals surface area (Å²) in [6, 6.07) is 16.5. The second kappa shape index (κ2) is 8.71. The number of anilines is 1. The minimum absolute atomic E-state index is 0.0850. The van der Waals surface area contributed by atoms with E-state index in [0.29, 0.717) is 17.2 Å². The van der Waals surface area contributed by atoms with Crippen LogP contribution in [0, 0.1) is 5.82 Å². The SMILES string of the molecule is CSc1ccc(CC(=O)N(Cc2ccncc2)c2nc3c(F)cccc3s2)cc1. The second-order valence-electron chi connectivity index (χ2n) is 6.44. The molecular weight excluding hydrogens is 405 g/mol. The first-order chi connectivity index (χ1) is 14.1. The van der Waals surface area contributed by atoms with Gasteiger partial charge in [-0.1, -0.05) is 29.5 Å². The lowest BCUT2D eigenvalue weighted by Gasteiger charge is -2.20.